The quantitative estimate of drug-likeness (QED) is 0.575. The van der Waals surface area contributed by atoms with Crippen molar-refractivity contribution in [2.24, 2.45) is 0 Å². The molecule has 0 aliphatic rings. The van der Waals surface area contributed by atoms with Crippen molar-refractivity contribution >= 4 is 20.8 Å². The molecule has 0 atom stereocenters. The summed E-state index contributed by atoms with van der Waals surface area (Å²) in [6.07, 6.45) is 4.42. The Hall–Kier alpha value is -3.06. The average Bonchev–Trinajstić information content (AvgIpc) is 3.13. The van der Waals surface area contributed by atoms with Crippen LogP contribution in [0.15, 0.2) is 78.2 Å². The van der Waals surface area contributed by atoms with E-state index in [0.29, 0.717) is 11.4 Å². The highest BCUT2D eigenvalue weighted by atomic mass is 32.2. The molecule has 24 heavy (non-hydrogen) atoms. The Morgan fingerprint density at radius 1 is 0.875 bits per heavy atom. The summed E-state index contributed by atoms with van der Waals surface area (Å²) < 4.78 is 26.4. The van der Waals surface area contributed by atoms with Gasteiger partial charge in [-0.25, -0.2) is 4.98 Å². The van der Waals surface area contributed by atoms with Gasteiger partial charge in [0, 0.05) is 18.0 Å². The van der Waals surface area contributed by atoms with Gasteiger partial charge < -0.3 is 0 Å². The molecule has 0 fully saturated rings. The smallest absolute Gasteiger partial charge is 0.265 e. The summed E-state index contributed by atoms with van der Waals surface area (Å²) in [6, 6.07) is 16.0. The zero-order valence-electron chi connectivity index (χ0n) is 12.4. The molecular formula is C17H12N4O2S. The van der Waals surface area contributed by atoms with Crippen LogP contribution < -0.4 is 0 Å². The molecule has 4 aromatic rings. The van der Waals surface area contributed by atoms with Crippen molar-refractivity contribution in [1.29, 1.82) is 0 Å². The number of rotatable bonds is 3. The zero-order chi connectivity index (χ0) is 16.6. The maximum Gasteiger partial charge on any atom is 0.284 e. The summed E-state index contributed by atoms with van der Waals surface area (Å²) in [5, 5.41) is 5.93. The summed E-state index contributed by atoms with van der Waals surface area (Å²) in [5.41, 5.74) is 0.706. The highest BCUT2D eigenvalue weighted by Gasteiger charge is 2.19. The molecule has 0 saturated heterocycles. The summed E-state index contributed by atoms with van der Waals surface area (Å²) in [4.78, 5) is 8.18. The number of benzene rings is 2. The van der Waals surface area contributed by atoms with Crippen LogP contribution in [0.5, 0.6) is 0 Å². The fraction of sp³-hybridized carbons (Fsp3) is 0. The Kier molecular flexibility index (Phi) is 3.35. The molecule has 7 heteroatoms. The molecule has 118 valence electrons. The van der Waals surface area contributed by atoms with E-state index in [1.165, 1.54) is 6.33 Å². The van der Waals surface area contributed by atoms with Gasteiger partial charge in [-0.2, -0.15) is 8.42 Å². The largest absolute Gasteiger partial charge is 0.284 e. The average molecular weight is 336 g/mol. The zero-order valence-corrected chi connectivity index (χ0v) is 13.3. The molecular weight excluding hydrogens is 324 g/mol. The Morgan fingerprint density at radius 3 is 2.42 bits per heavy atom. The minimum atomic E-state index is -3.79. The number of hydrogen-bond acceptors (Lipinski definition) is 5. The lowest BCUT2D eigenvalue weighted by Gasteiger charge is -2.05. The minimum Gasteiger partial charge on any atom is -0.265 e. The van der Waals surface area contributed by atoms with Gasteiger partial charge in [-0.15, -0.1) is 9.19 Å². The van der Waals surface area contributed by atoms with Crippen molar-refractivity contribution in [2.75, 3.05) is 0 Å². The van der Waals surface area contributed by atoms with E-state index in [1.54, 1.807) is 42.7 Å². The first kappa shape index (κ1) is 14.5. The Morgan fingerprint density at radius 2 is 1.62 bits per heavy atom. The fourth-order valence-electron chi connectivity index (χ4n) is 2.43. The van der Waals surface area contributed by atoms with E-state index in [4.69, 9.17) is 0 Å². The third kappa shape index (κ3) is 2.44. The number of fused-ring (bicyclic) bond motifs is 1. The van der Waals surface area contributed by atoms with Gasteiger partial charge in [0.05, 0.1) is 4.90 Å². The van der Waals surface area contributed by atoms with Crippen molar-refractivity contribution in [3.8, 4) is 11.4 Å². The minimum absolute atomic E-state index is 0.173. The van der Waals surface area contributed by atoms with Crippen molar-refractivity contribution in [2.45, 2.75) is 4.90 Å². The van der Waals surface area contributed by atoms with Crippen LogP contribution in [0.4, 0.5) is 0 Å². The molecule has 0 saturated carbocycles. The van der Waals surface area contributed by atoms with Gasteiger partial charge >= 0.3 is 0 Å². The molecule has 0 aliphatic carbocycles. The van der Waals surface area contributed by atoms with Crippen LogP contribution in [0.1, 0.15) is 0 Å². The van der Waals surface area contributed by atoms with E-state index in [-0.39, 0.29) is 4.90 Å². The molecule has 0 unspecified atom stereocenters. The van der Waals surface area contributed by atoms with Gasteiger partial charge in [-0.1, -0.05) is 30.3 Å². The number of pyridine rings is 1. The second-order valence-corrected chi connectivity index (χ2v) is 6.99. The lowest BCUT2D eigenvalue weighted by molar-refractivity contribution is 0.580. The Bertz CT molecular complexity index is 1120. The monoisotopic (exact) mass is 336 g/mol. The summed E-state index contributed by atoms with van der Waals surface area (Å²) in [5.74, 6) is 0.335. The molecule has 0 N–H and O–H groups in total. The molecule has 2 heterocycles. The summed E-state index contributed by atoms with van der Waals surface area (Å²) in [6.45, 7) is 0. The first-order valence-corrected chi connectivity index (χ1v) is 8.65. The highest BCUT2D eigenvalue weighted by molar-refractivity contribution is 7.89. The Balaban J connectivity index is 1.78. The molecule has 0 amide bonds. The number of nitrogens with zero attached hydrogens (tertiary/aromatic N) is 4. The molecule has 0 spiro atoms. The first-order valence-electron chi connectivity index (χ1n) is 7.21. The van der Waals surface area contributed by atoms with Crippen molar-refractivity contribution < 1.29 is 8.42 Å². The van der Waals surface area contributed by atoms with Crippen LogP contribution in [0.2, 0.25) is 0 Å². The van der Waals surface area contributed by atoms with E-state index < -0.39 is 10.0 Å². The van der Waals surface area contributed by atoms with Gasteiger partial charge in [0.25, 0.3) is 10.0 Å². The second-order valence-electron chi connectivity index (χ2n) is 5.19. The predicted octanol–water partition coefficient (Wildman–Crippen LogP) is 2.73. The molecule has 2 aromatic heterocycles. The van der Waals surface area contributed by atoms with Gasteiger partial charge in [-0.05, 0) is 35.0 Å². The standard InChI is InChI=1S/C17H12N4O2S/c22-24(23,16-6-5-13-3-1-2-4-15(13)11-16)21-12-19-17(20-21)14-7-9-18-10-8-14/h1-12H. The van der Waals surface area contributed by atoms with E-state index >= 15 is 0 Å². The predicted molar refractivity (Wildman–Crippen MR) is 89.8 cm³/mol. The van der Waals surface area contributed by atoms with E-state index in [1.807, 2.05) is 24.3 Å². The number of aromatic nitrogens is 4. The van der Waals surface area contributed by atoms with Crippen LogP contribution in [-0.4, -0.2) is 27.6 Å². The lowest BCUT2D eigenvalue weighted by atomic mass is 10.1. The van der Waals surface area contributed by atoms with Crippen molar-refractivity contribution in [3.63, 3.8) is 0 Å². The molecule has 2 aromatic carbocycles. The van der Waals surface area contributed by atoms with Crippen LogP contribution in [0.3, 0.4) is 0 Å². The maximum atomic E-state index is 12.8. The normalized spacial score (nSPS) is 11.7. The third-order valence-electron chi connectivity index (χ3n) is 3.68. The number of hydrogen-bond donors (Lipinski definition) is 0. The van der Waals surface area contributed by atoms with Gasteiger partial charge in [-0.3, -0.25) is 4.98 Å². The van der Waals surface area contributed by atoms with Crippen LogP contribution in [-0.2, 0) is 10.0 Å². The maximum absolute atomic E-state index is 12.8. The SMILES string of the molecule is O=S(=O)(c1ccc2ccccc2c1)n1cnc(-c2ccncc2)n1. The first-order chi connectivity index (χ1) is 11.6. The molecule has 0 aliphatic heterocycles. The topological polar surface area (TPSA) is 77.7 Å². The van der Waals surface area contributed by atoms with Crippen molar-refractivity contribution in [3.05, 3.63) is 73.3 Å². The molecule has 0 bridgehead atoms. The van der Waals surface area contributed by atoms with Crippen LogP contribution in [0, 0.1) is 0 Å². The van der Waals surface area contributed by atoms with Crippen molar-refractivity contribution in [1.82, 2.24) is 19.2 Å². The van der Waals surface area contributed by atoms with E-state index in [9.17, 15) is 8.42 Å². The molecule has 6 nitrogen and oxygen atoms in total. The van der Waals surface area contributed by atoms with E-state index in [2.05, 4.69) is 15.1 Å². The Labute approximate surface area is 138 Å². The van der Waals surface area contributed by atoms with Gasteiger partial charge in [0.1, 0.15) is 6.33 Å². The lowest BCUT2D eigenvalue weighted by Crippen LogP contribution is -2.13. The summed E-state index contributed by atoms with van der Waals surface area (Å²) in [7, 11) is -3.79. The molecule has 0 radical (unpaired) electrons. The van der Waals surface area contributed by atoms with E-state index in [0.717, 1.165) is 14.9 Å². The summed E-state index contributed by atoms with van der Waals surface area (Å²) >= 11 is 0. The van der Waals surface area contributed by atoms with Gasteiger partial charge in [0.15, 0.2) is 5.82 Å². The highest BCUT2D eigenvalue weighted by Crippen LogP contribution is 2.21. The third-order valence-corrected chi connectivity index (χ3v) is 5.19. The second kappa shape index (κ2) is 5.54. The fourth-order valence-corrected chi connectivity index (χ4v) is 3.52. The van der Waals surface area contributed by atoms with Gasteiger partial charge in [0.2, 0.25) is 0 Å². The van der Waals surface area contributed by atoms with Crippen LogP contribution >= 0.6 is 0 Å². The molecule has 4 rings (SSSR count). The van der Waals surface area contributed by atoms with Crippen LogP contribution in [0.25, 0.3) is 22.2 Å².